The van der Waals surface area contributed by atoms with Gasteiger partial charge in [-0.3, -0.25) is 0 Å². The maximum Gasteiger partial charge on any atom is 0.315 e. The molecule has 6 nitrogen and oxygen atoms in total. The fraction of sp³-hybridized carbons (Fsp3) is 0.385. The Morgan fingerprint density at radius 1 is 1.11 bits per heavy atom. The molecule has 2 aromatic carbocycles. The van der Waals surface area contributed by atoms with Gasteiger partial charge in [0.05, 0.1) is 11.7 Å². The molecule has 2 amide bonds. The molecule has 0 fully saturated rings. The highest BCUT2D eigenvalue weighted by molar-refractivity contribution is 5.72. The Morgan fingerprint density at radius 3 is 2.34 bits per heavy atom. The van der Waals surface area contributed by atoms with Crippen LogP contribution in [0.25, 0.3) is 11.3 Å². The molecule has 2 atom stereocenters. The maximum atomic E-state index is 14.0. The molecule has 0 bridgehead atoms. The quantitative estimate of drug-likeness (QED) is 0.444. The number of carbonyl (C=O) groups is 1. The van der Waals surface area contributed by atoms with E-state index in [1.165, 1.54) is 29.2 Å². The predicted octanol–water partition coefficient (Wildman–Crippen LogP) is 5.03. The van der Waals surface area contributed by atoms with Crippen molar-refractivity contribution in [3.8, 4) is 11.3 Å². The van der Waals surface area contributed by atoms with Gasteiger partial charge in [0, 0.05) is 30.9 Å². The van der Waals surface area contributed by atoms with Crippen LogP contribution in [0.15, 0.2) is 54.7 Å². The van der Waals surface area contributed by atoms with Crippen LogP contribution >= 0.6 is 0 Å². The first-order chi connectivity index (χ1) is 16.5. The van der Waals surface area contributed by atoms with Gasteiger partial charge in [-0.1, -0.05) is 45.0 Å². The fourth-order valence-corrected chi connectivity index (χ4v) is 4.14. The highest BCUT2D eigenvalue weighted by atomic mass is 19.1. The number of urea groups is 1. The zero-order valence-corrected chi connectivity index (χ0v) is 20.2. The van der Waals surface area contributed by atoms with Crippen LogP contribution in [0.3, 0.4) is 0 Å². The van der Waals surface area contributed by atoms with Crippen LogP contribution in [0.2, 0.25) is 0 Å². The van der Waals surface area contributed by atoms with Crippen LogP contribution in [0.1, 0.15) is 44.6 Å². The lowest BCUT2D eigenvalue weighted by Crippen LogP contribution is -2.46. The summed E-state index contributed by atoms with van der Waals surface area (Å²) in [5, 5.41) is 0. The number of hydrogen-bond donors (Lipinski definition) is 2. The molecular formula is C26H32F3N5O. The average molecular weight is 488 g/mol. The molecular weight excluding hydrogens is 455 g/mol. The molecule has 35 heavy (non-hydrogen) atoms. The minimum atomic E-state index is -0.729. The third kappa shape index (κ3) is 6.63. The van der Waals surface area contributed by atoms with Gasteiger partial charge in [-0.25, -0.2) is 22.9 Å². The molecule has 0 spiro atoms. The first-order valence-corrected chi connectivity index (χ1v) is 11.4. The molecule has 9 heteroatoms. The van der Waals surface area contributed by atoms with Crippen molar-refractivity contribution in [3.05, 3.63) is 77.8 Å². The lowest BCUT2D eigenvalue weighted by Gasteiger charge is -2.39. The lowest BCUT2D eigenvalue weighted by molar-refractivity contribution is 0.111. The van der Waals surface area contributed by atoms with Crippen molar-refractivity contribution in [1.82, 2.24) is 14.5 Å². The standard InChI is InChI=1S/C26H32F3N5O/c1-26(2,3)23(34(25(31)35)11-10-21(30)14-27)24-32-22(18-7-5-9-20(29)13-18)16-33(24)15-17-6-4-8-19(28)12-17/h4-9,12-13,16,21,23H,10-11,14-15,30H2,1-3H3,(H2,31,35)/t21-,23-/m0/s1. The summed E-state index contributed by atoms with van der Waals surface area (Å²) in [6.45, 7) is 5.48. The monoisotopic (exact) mass is 487 g/mol. The number of alkyl halides is 1. The highest BCUT2D eigenvalue weighted by Crippen LogP contribution is 2.39. The normalized spacial score (nSPS) is 13.5. The van der Waals surface area contributed by atoms with E-state index in [0.717, 1.165) is 0 Å². The molecule has 1 aromatic heterocycles. The fourth-order valence-electron chi connectivity index (χ4n) is 4.14. The molecule has 0 aliphatic rings. The predicted molar refractivity (Wildman–Crippen MR) is 130 cm³/mol. The second kappa shape index (κ2) is 10.9. The molecule has 0 aliphatic heterocycles. The van der Waals surface area contributed by atoms with Crippen molar-refractivity contribution >= 4 is 6.03 Å². The SMILES string of the molecule is CC(C)(C)[C@H](c1nc(-c2cccc(F)c2)cn1Cc1cccc(F)c1)N(CC[C@H](N)CF)C(N)=O. The molecule has 4 N–H and O–H groups in total. The third-order valence-electron chi connectivity index (χ3n) is 5.77. The van der Waals surface area contributed by atoms with Crippen molar-refractivity contribution in [2.24, 2.45) is 16.9 Å². The van der Waals surface area contributed by atoms with Crippen molar-refractivity contribution < 1.29 is 18.0 Å². The van der Waals surface area contributed by atoms with Gasteiger partial charge in [0.15, 0.2) is 0 Å². The Balaban J connectivity index is 2.14. The van der Waals surface area contributed by atoms with Crippen LogP contribution in [-0.2, 0) is 6.54 Å². The summed E-state index contributed by atoms with van der Waals surface area (Å²) in [4.78, 5) is 18.8. The summed E-state index contributed by atoms with van der Waals surface area (Å²) in [5.41, 5.74) is 12.7. The number of amides is 2. The van der Waals surface area contributed by atoms with Gasteiger partial charge in [-0.05, 0) is 41.7 Å². The van der Waals surface area contributed by atoms with E-state index in [2.05, 4.69) is 0 Å². The topological polar surface area (TPSA) is 90.2 Å². The van der Waals surface area contributed by atoms with Gasteiger partial charge in [0.25, 0.3) is 0 Å². The molecule has 0 saturated heterocycles. The van der Waals surface area contributed by atoms with Crippen LogP contribution in [-0.4, -0.2) is 39.7 Å². The van der Waals surface area contributed by atoms with Crippen molar-refractivity contribution in [2.75, 3.05) is 13.2 Å². The zero-order chi connectivity index (χ0) is 25.8. The number of nitrogens with two attached hydrogens (primary N) is 2. The Kier molecular flexibility index (Phi) is 8.22. The summed E-state index contributed by atoms with van der Waals surface area (Å²) >= 11 is 0. The second-order valence-corrected chi connectivity index (χ2v) is 9.76. The number of hydrogen-bond acceptors (Lipinski definition) is 3. The second-order valence-electron chi connectivity index (χ2n) is 9.76. The Labute approximate surface area is 203 Å². The number of rotatable bonds is 9. The van der Waals surface area contributed by atoms with Gasteiger partial charge >= 0.3 is 6.03 Å². The number of primary amides is 1. The van der Waals surface area contributed by atoms with Crippen LogP contribution in [0.4, 0.5) is 18.0 Å². The Hall–Kier alpha value is -3.33. The van der Waals surface area contributed by atoms with Gasteiger partial charge in [-0.2, -0.15) is 0 Å². The molecule has 0 aliphatic carbocycles. The van der Waals surface area contributed by atoms with E-state index in [1.807, 2.05) is 25.3 Å². The van der Waals surface area contributed by atoms with Crippen molar-refractivity contribution in [2.45, 2.75) is 45.8 Å². The largest absolute Gasteiger partial charge is 0.351 e. The number of halogens is 3. The summed E-state index contributed by atoms with van der Waals surface area (Å²) in [7, 11) is 0. The number of imidazole rings is 1. The first kappa shape index (κ1) is 26.3. The molecule has 0 radical (unpaired) electrons. The van der Waals surface area contributed by atoms with Crippen LogP contribution < -0.4 is 11.5 Å². The minimum Gasteiger partial charge on any atom is -0.351 e. The Morgan fingerprint density at radius 2 is 1.77 bits per heavy atom. The molecule has 3 aromatic rings. The van der Waals surface area contributed by atoms with E-state index in [1.54, 1.807) is 30.5 Å². The third-order valence-corrected chi connectivity index (χ3v) is 5.77. The summed E-state index contributed by atoms with van der Waals surface area (Å²) < 4.78 is 42.7. The van der Waals surface area contributed by atoms with E-state index < -0.39 is 36.0 Å². The number of carbonyl (C=O) groups excluding carboxylic acids is 1. The van der Waals surface area contributed by atoms with Gasteiger partial charge in [-0.15, -0.1) is 0 Å². The van der Waals surface area contributed by atoms with E-state index in [-0.39, 0.29) is 25.3 Å². The Bertz CT molecular complexity index is 1160. The molecule has 3 rings (SSSR count). The lowest BCUT2D eigenvalue weighted by atomic mass is 9.84. The van der Waals surface area contributed by atoms with Gasteiger partial charge in [0.2, 0.25) is 0 Å². The van der Waals surface area contributed by atoms with E-state index in [9.17, 15) is 18.0 Å². The molecule has 188 valence electrons. The zero-order valence-electron chi connectivity index (χ0n) is 20.2. The summed E-state index contributed by atoms with van der Waals surface area (Å²) in [5.74, 6) is -0.287. The summed E-state index contributed by atoms with van der Waals surface area (Å²) in [6, 6.07) is 10.2. The van der Waals surface area contributed by atoms with Gasteiger partial charge < -0.3 is 20.9 Å². The van der Waals surface area contributed by atoms with E-state index >= 15 is 0 Å². The highest BCUT2D eigenvalue weighted by Gasteiger charge is 2.37. The number of nitrogens with zero attached hydrogens (tertiary/aromatic N) is 3. The first-order valence-electron chi connectivity index (χ1n) is 11.4. The average Bonchev–Trinajstić information content (AvgIpc) is 3.18. The molecule has 0 unspecified atom stereocenters. The number of aromatic nitrogens is 2. The van der Waals surface area contributed by atoms with Crippen LogP contribution in [0.5, 0.6) is 0 Å². The maximum absolute atomic E-state index is 14.0. The van der Waals surface area contributed by atoms with Crippen molar-refractivity contribution in [1.29, 1.82) is 0 Å². The molecule has 1 heterocycles. The van der Waals surface area contributed by atoms with Crippen molar-refractivity contribution in [3.63, 3.8) is 0 Å². The van der Waals surface area contributed by atoms with E-state index in [4.69, 9.17) is 16.5 Å². The molecule has 0 saturated carbocycles. The summed E-state index contributed by atoms with van der Waals surface area (Å²) in [6.07, 6.45) is 1.97. The smallest absolute Gasteiger partial charge is 0.315 e. The minimum absolute atomic E-state index is 0.129. The number of benzene rings is 2. The van der Waals surface area contributed by atoms with Gasteiger partial charge in [0.1, 0.15) is 24.1 Å². The van der Waals surface area contributed by atoms with Crippen LogP contribution in [0, 0.1) is 17.0 Å². The van der Waals surface area contributed by atoms with E-state index in [0.29, 0.717) is 22.6 Å².